The molecule has 2 aliphatic rings. The standard InChI is InChI=1S/C60H85N7O12/c1-5-66(6-2)51-19-20-55(53(45-51)56-44-49(21-23-61-56)59(70)62-54-18-11-14-47-13-8-9-17-52(47)54)63-58(69)48-15-10-16-50(43-48)60(71)64(4)26-27-65-24-12-25-67(29-28-65)57(68)22-30-73-31-32-74-33-34-75-35-36-76-37-38-77-39-40-78-41-42-79-46-72-7-3/h8-10,13,15-17,19-21,23,43-45,54H,5-7,11-12,14,18,22,24-42,46H2,1-4H3,(H,62,70)(H,63,69)/t54-/m0/s1. The summed E-state index contributed by atoms with van der Waals surface area (Å²) in [6.45, 7) is 18.4. The summed E-state index contributed by atoms with van der Waals surface area (Å²) in [4.78, 5) is 67.4. The zero-order valence-electron chi connectivity index (χ0n) is 47.1. The van der Waals surface area contributed by atoms with Crippen LogP contribution in [0.15, 0.2) is 85.1 Å². The number of aryl methyl sites for hydroxylation is 1. The number of nitrogens with zero attached hydrogens (tertiary/aromatic N) is 5. The first-order chi connectivity index (χ1) is 38.7. The molecule has 19 nitrogen and oxygen atoms in total. The van der Waals surface area contributed by atoms with Gasteiger partial charge >= 0.3 is 0 Å². The molecule has 0 spiro atoms. The minimum Gasteiger partial charge on any atom is -0.379 e. The number of nitrogens with one attached hydrogen (secondary N) is 2. The quantitative estimate of drug-likeness (QED) is 0.0358. The van der Waals surface area contributed by atoms with E-state index in [-0.39, 0.29) is 36.5 Å². The molecule has 4 amide bonds. The summed E-state index contributed by atoms with van der Waals surface area (Å²) in [6.07, 6.45) is 5.63. The highest BCUT2D eigenvalue weighted by Crippen LogP contribution is 2.33. The van der Waals surface area contributed by atoms with E-state index in [4.69, 9.17) is 42.9 Å². The number of fused-ring (bicyclic) bond motifs is 1. The molecular formula is C60H85N7O12. The monoisotopic (exact) mass is 1100 g/mol. The van der Waals surface area contributed by atoms with Gasteiger partial charge in [0, 0.05) is 93.6 Å². The van der Waals surface area contributed by atoms with Gasteiger partial charge in [-0.25, -0.2) is 0 Å². The summed E-state index contributed by atoms with van der Waals surface area (Å²) in [7, 11) is 1.77. The summed E-state index contributed by atoms with van der Waals surface area (Å²) < 4.78 is 43.6. The van der Waals surface area contributed by atoms with E-state index in [0.717, 1.165) is 56.6 Å². The SMILES string of the molecule is CCOCOCCOCCOCCOCCOCCOCCOCCC(=O)N1CCCN(CCN(C)C(=O)c2cccc(C(=O)Nc3ccc(N(CC)CC)cc3-c3cc(C(=O)N[C@H]4CCCc5ccccc54)ccn3)c2)CC1. The van der Waals surface area contributed by atoms with Gasteiger partial charge in [-0.05, 0) is 113 Å². The minimum atomic E-state index is -0.382. The lowest BCUT2D eigenvalue weighted by Gasteiger charge is -2.26. The molecule has 1 aromatic heterocycles. The highest BCUT2D eigenvalue weighted by Gasteiger charge is 2.24. The first kappa shape index (κ1) is 62.3. The van der Waals surface area contributed by atoms with Gasteiger partial charge in [-0.3, -0.25) is 29.1 Å². The van der Waals surface area contributed by atoms with Gasteiger partial charge in [0.05, 0.1) is 110 Å². The molecule has 1 fully saturated rings. The Labute approximate surface area is 467 Å². The van der Waals surface area contributed by atoms with Gasteiger partial charge in [-0.15, -0.1) is 0 Å². The predicted octanol–water partition coefficient (Wildman–Crippen LogP) is 6.76. The van der Waals surface area contributed by atoms with Crippen molar-refractivity contribution in [3.8, 4) is 11.3 Å². The molecule has 432 valence electrons. The number of carbonyl (C=O) groups is 4. The van der Waals surface area contributed by atoms with Crippen molar-refractivity contribution in [1.82, 2.24) is 25.0 Å². The van der Waals surface area contributed by atoms with Crippen molar-refractivity contribution in [3.63, 3.8) is 0 Å². The number of rotatable bonds is 36. The van der Waals surface area contributed by atoms with Crippen molar-refractivity contribution in [2.75, 3.05) is 169 Å². The van der Waals surface area contributed by atoms with E-state index in [0.29, 0.717) is 165 Å². The van der Waals surface area contributed by atoms with Crippen molar-refractivity contribution in [2.45, 2.75) is 58.9 Å². The van der Waals surface area contributed by atoms with E-state index in [9.17, 15) is 19.2 Å². The zero-order valence-corrected chi connectivity index (χ0v) is 47.1. The molecule has 19 heteroatoms. The Bertz CT molecular complexity index is 2460. The van der Waals surface area contributed by atoms with Crippen molar-refractivity contribution in [2.24, 2.45) is 0 Å². The molecule has 0 saturated carbocycles. The number of benzene rings is 3. The number of pyridine rings is 1. The van der Waals surface area contributed by atoms with Gasteiger partial charge in [0.2, 0.25) is 5.91 Å². The van der Waals surface area contributed by atoms with Crippen LogP contribution in [-0.4, -0.2) is 202 Å². The van der Waals surface area contributed by atoms with Crippen molar-refractivity contribution in [3.05, 3.63) is 113 Å². The molecule has 4 aromatic rings. The maximum Gasteiger partial charge on any atom is 0.255 e. The molecule has 0 bridgehead atoms. The molecule has 1 atom stereocenters. The second-order valence-corrected chi connectivity index (χ2v) is 19.2. The van der Waals surface area contributed by atoms with Gasteiger partial charge in [-0.2, -0.15) is 0 Å². The molecule has 6 rings (SSSR count). The molecule has 0 unspecified atom stereocenters. The Balaban J connectivity index is 0.868. The van der Waals surface area contributed by atoms with E-state index >= 15 is 0 Å². The second-order valence-electron chi connectivity index (χ2n) is 19.2. The summed E-state index contributed by atoms with van der Waals surface area (Å²) in [5, 5.41) is 6.35. The lowest BCUT2D eigenvalue weighted by molar-refractivity contribution is -0.132. The lowest BCUT2D eigenvalue weighted by atomic mass is 9.87. The maximum absolute atomic E-state index is 14.0. The summed E-state index contributed by atoms with van der Waals surface area (Å²) >= 11 is 0. The van der Waals surface area contributed by atoms with Crippen LogP contribution in [0.5, 0.6) is 0 Å². The third kappa shape index (κ3) is 21.3. The number of anilines is 2. The smallest absolute Gasteiger partial charge is 0.255 e. The van der Waals surface area contributed by atoms with Crippen LogP contribution < -0.4 is 15.5 Å². The Hall–Kier alpha value is -5.87. The summed E-state index contributed by atoms with van der Waals surface area (Å²) in [5.74, 6) is -0.705. The number of amides is 4. The molecule has 3 aromatic carbocycles. The Morgan fingerprint density at radius 2 is 1.28 bits per heavy atom. The van der Waals surface area contributed by atoms with Crippen LogP contribution in [-0.2, 0) is 49.1 Å². The predicted molar refractivity (Wildman–Crippen MR) is 304 cm³/mol. The van der Waals surface area contributed by atoms with E-state index < -0.39 is 0 Å². The van der Waals surface area contributed by atoms with E-state index in [1.807, 2.05) is 42.2 Å². The normalized spacial score (nSPS) is 14.6. The third-order valence-electron chi connectivity index (χ3n) is 13.8. The minimum absolute atomic E-state index is 0.0605. The molecular weight excluding hydrogens is 1010 g/mol. The van der Waals surface area contributed by atoms with Gasteiger partial charge in [-0.1, -0.05) is 30.3 Å². The second kappa shape index (κ2) is 35.7. The van der Waals surface area contributed by atoms with Crippen LogP contribution in [0, 0.1) is 0 Å². The maximum atomic E-state index is 14.0. The van der Waals surface area contributed by atoms with Gasteiger partial charge < -0.3 is 63.2 Å². The Kier molecular flexibility index (Phi) is 28.2. The zero-order chi connectivity index (χ0) is 55.9. The summed E-state index contributed by atoms with van der Waals surface area (Å²) in [6, 6.07) is 24.3. The van der Waals surface area contributed by atoms with Crippen molar-refractivity contribution in [1.29, 1.82) is 0 Å². The van der Waals surface area contributed by atoms with Crippen LogP contribution in [0.1, 0.15) is 94.7 Å². The van der Waals surface area contributed by atoms with Gasteiger partial charge in [0.15, 0.2) is 0 Å². The van der Waals surface area contributed by atoms with Crippen LogP contribution in [0.25, 0.3) is 11.3 Å². The highest BCUT2D eigenvalue weighted by molar-refractivity contribution is 6.08. The lowest BCUT2D eigenvalue weighted by Crippen LogP contribution is -2.39. The number of likely N-dealkylation sites (N-methyl/N-ethyl adjacent to an activating group) is 1. The van der Waals surface area contributed by atoms with Crippen LogP contribution in [0.3, 0.4) is 0 Å². The fourth-order valence-electron chi connectivity index (χ4n) is 9.39. The van der Waals surface area contributed by atoms with E-state index in [1.54, 1.807) is 54.5 Å². The average molecular weight is 1100 g/mol. The Morgan fingerprint density at radius 3 is 1.96 bits per heavy atom. The van der Waals surface area contributed by atoms with Crippen LogP contribution >= 0.6 is 0 Å². The van der Waals surface area contributed by atoms with Crippen LogP contribution in [0.2, 0.25) is 0 Å². The average Bonchev–Trinajstić information content (AvgIpc) is 3.74. The number of hydrogen-bond donors (Lipinski definition) is 2. The third-order valence-corrected chi connectivity index (χ3v) is 13.8. The number of carbonyl (C=O) groups excluding carboxylic acids is 4. The van der Waals surface area contributed by atoms with Gasteiger partial charge in [0.25, 0.3) is 17.7 Å². The molecule has 0 radical (unpaired) electrons. The largest absolute Gasteiger partial charge is 0.379 e. The highest BCUT2D eigenvalue weighted by atomic mass is 16.7. The summed E-state index contributed by atoms with van der Waals surface area (Å²) in [5.41, 5.74) is 6.33. The van der Waals surface area contributed by atoms with E-state index in [2.05, 4.69) is 46.4 Å². The van der Waals surface area contributed by atoms with E-state index in [1.165, 1.54) is 5.56 Å². The topological polar surface area (TPSA) is 192 Å². The molecule has 1 aliphatic carbocycles. The van der Waals surface area contributed by atoms with Crippen molar-refractivity contribution >= 4 is 35.0 Å². The van der Waals surface area contributed by atoms with Crippen LogP contribution in [0.4, 0.5) is 11.4 Å². The molecule has 2 heterocycles. The molecule has 79 heavy (non-hydrogen) atoms. The number of aromatic nitrogens is 1. The van der Waals surface area contributed by atoms with Gasteiger partial charge in [0.1, 0.15) is 6.79 Å². The molecule has 1 aliphatic heterocycles. The first-order valence-electron chi connectivity index (χ1n) is 28.2. The first-order valence-corrected chi connectivity index (χ1v) is 28.2. The number of ether oxygens (including phenoxy) is 8. The number of hydrogen-bond acceptors (Lipinski definition) is 15. The Morgan fingerprint density at radius 1 is 0.633 bits per heavy atom. The fraction of sp³-hybridized carbons (Fsp3) is 0.550. The fourth-order valence-corrected chi connectivity index (χ4v) is 9.39. The molecule has 1 saturated heterocycles. The molecule has 2 N–H and O–H groups in total. The van der Waals surface area contributed by atoms with Crippen molar-refractivity contribution < 1.29 is 57.1 Å².